The summed E-state index contributed by atoms with van der Waals surface area (Å²) in [4.78, 5) is 0. The Bertz CT molecular complexity index is 525. The number of ether oxygens (including phenoxy) is 2. The van der Waals surface area contributed by atoms with E-state index in [1.54, 1.807) is 0 Å². The number of hydrogen-bond donors (Lipinski definition) is 0. The summed E-state index contributed by atoms with van der Waals surface area (Å²) < 4.78 is 12.6. The molecule has 0 aromatic heterocycles. The molecular formula is C14H11BrO2. The van der Waals surface area contributed by atoms with Gasteiger partial charge in [0, 0.05) is 15.6 Å². The van der Waals surface area contributed by atoms with Gasteiger partial charge in [0.2, 0.25) is 6.29 Å². The van der Waals surface area contributed by atoms with E-state index < -0.39 is 0 Å². The first-order valence-electron chi connectivity index (χ1n) is 5.44. The molecule has 0 spiro atoms. The molecule has 0 saturated heterocycles. The lowest BCUT2D eigenvalue weighted by molar-refractivity contribution is -0.111. The quantitative estimate of drug-likeness (QED) is 0.789. The summed E-state index contributed by atoms with van der Waals surface area (Å²) in [5.74, 6) is 0.897. The summed E-state index contributed by atoms with van der Waals surface area (Å²) in [6.07, 6.45) is -0.301. The Kier molecular flexibility index (Phi) is 2.87. The summed E-state index contributed by atoms with van der Waals surface area (Å²) in [6.45, 7) is 0.578. The van der Waals surface area contributed by atoms with Crippen molar-refractivity contribution < 1.29 is 9.47 Å². The maximum absolute atomic E-state index is 5.83. The Hall–Kier alpha value is -1.32. The van der Waals surface area contributed by atoms with Gasteiger partial charge in [-0.2, -0.15) is 0 Å². The van der Waals surface area contributed by atoms with Crippen molar-refractivity contribution in [3.8, 4) is 5.75 Å². The van der Waals surface area contributed by atoms with Gasteiger partial charge >= 0.3 is 0 Å². The van der Waals surface area contributed by atoms with Crippen LogP contribution in [0.4, 0.5) is 0 Å². The van der Waals surface area contributed by atoms with Gasteiger partial charge in [-0.1, -0.05) is 46.3 Å². The van der Waals surface area contributed by atoms with Gasteiger partial charge < -0.3 is 9.47 Å². The summed E-state index contributed by atoms with van der Waals surface area (Å²) in [6, 6.07) is 15.9. The van der Waals surface area contributed by atoms with Crippen LogP contribution in [0.2, 0.25) is 0 Å². The smallest absolute Gasteiger partial charge is 0.227 e. The van der Waals surface area contributed by atoms with Crippen LogP contribution in [0.5, 0.6) is 5.75 Å². The third-order valence-corrected chi connectivity index (χ3v) is 3.21. The molecule has 2 nitrogen and oxygen atoms in total. The molecule has 3 rings (SSSR count). The first-order valence-corrected chi connectivity index (χ1v) is 6.24. The molecule has 1 unspecified atom stereocenters. The standard InChI is InChI=1S/C14H11BrO2/c15-12-6-7-13-11(8-12)9-16-14(17-13)10-4-2-1-3-5-10/h1-8,14H,9H2. The normalized spacial score (nSPS) is 18.3. The van der Waals surface area contributed by atoms with E-state index in [1.807, 2.05) is 48.5 Å². The molecule has 3 heteroatoms. The van der Waals surface area contributed by atoms with Crippen LogP contribution in [0.15, 0.2) is 53.0 Å². The van der Waals surface area contributed by atoms with Crippen LogP contribution in [-0.4, -0.2) is 0 Å². The molecule has 0 amide bonds. The monoisotopic (exact) mass is 290 g/mol. The second-order valence-corrected chi connectivity index (χ2v) is 4.84. The third kappa shape index (κ3) is 2.21. The van der Waals surface area contributed by atoms with Crippen molar-refractivity contribution in [2.24, 2.45) is 0 Å². The number of fused-ring (bicyclic) bond motifs is 1. The number of rotatable bonds is 1. The molecule has 1 aliphatic rings. The van der Waals surface area contributed by atoms with Crippen molar-refractivity contribution in [2.45, 2.75) is 12.9 Å². The van der Waals surface area contributed by atoms with Crippen molar-refractivity contribution >= 4 is 15.9 Å². The van der Waals surface area contributed by atoms with Gasteiger partial charge in [-0.15, -0.1) is 0 Å². The molecule has 17 heavy (non-hydrogen) atoms. The van der Waals surface area contributed by atoms with Gasteiger partial charge in [-0.25, -0.2) is 0 Å². The van der Waals surface area contributed by atoms with Crippen LogP contribution < -0.4 is 4.74 Å². The lowest BCUT2D eigenvalue weighted by atomic mass is 10.1. The van der Waals surface area contributed by atoms with Gasteiger partial charge in [0.25, 0.3) is 0 Å². The molecule has 2 aromatic rings. The average Bonchev–Trinajstić information content (AvgIpc) is 2.39. The van der Waals surface area contributed by atoms with E-state index in [4.69, 9.17) is 9.47 Å². The second kappa shape index (κ2) is 4.51. The van der Waals surface area contributed by atoms with E-state index in [1.165, 1.54) is 0 Å². The predicted molar refractivity (Wildman–Crippen MR) is 68.7 cm³/mol. The predicted octanol–water partition coefficient (Wildman–Crippen LogP) is 4.06. The second-order valence-electron chi connectivity index (χ2n) is 3.92. The van der Waals surface area contributed by atoms with Crippen molar-refractivity contribution in [1.29, 1.82) is 0 Å². The molecule has 1 atom stereocenters. The highest BCUT2D eigenvalue weighted by Gasteiger charge is 2.21. The zero-order valence-electron chi connectivity index (χ0n) is 9.10. The maximum Gasteiger partial charge on any atom is 0.227 e. The molecular weight excluding hydrogens is 280 g/mol. The molecule has 0 aliphatic carbocycles. The van der Waals surface area contributed by atoms with Crippen molar-refractivity contribution in [1.82, 2.24) is 0 Å². The lowest BCUT2D eigenvalue weighted by Gasteiger charge is -2.26. The molecule has 0 bridgehead atoms. The van der Waals surface area contributed by atoms with Gasteiger partial charge in [-0.05, 0) is 18.2 Å². The minimum Gasteiger partial charge on any atom is -0.460 e. The highest BCUT2D eigenvalue weighted by Crippen LogP contribution is 2.34. The van der Waals surface area contributed by atoms with E-state index >= 15 is 0 Å². The van der Waals surface area contributed by atoms with Crippen LogP contribution in [0.1, 0.15) is 17.4 Å². The highest BCUT2D eigenvalue weighted by molar-refractivity contribution is 9.10. The zero-order valence-corrected chi connectivity index (χ0v) is 10.7. The zero-order chi connectivity index (χ0) is 11.7. The first kappa shape index (κ1) is 10.8. The number of halogens is 1. The van der Waals surface area contributed by atoms with Crippen LogP contribution in [0.3, 0.4) is 0 Å². The van der Waals surface area contributed by atoms with Crippen LogP contribution in [0, 0.1) is 0 Å². The van der Waals surface area contributed by atoms with Crippen LogP contribution in [0.25, 0.3) is 0 Å². The van der Waals surface area contributed by atoms with Gasteiger partial charge in [0.05, 0.1) is 6.61 Å². The van der Waals surface area contributed by atoms with Gasteiger partial charge in [0.15, 0.2) is 0 Å². The lowest BCUT2D eigenvalue weighted by Crippen LogP contribution is -2.17. The fourth-order valence-electron chi connectivity index (χ4n) is 1.87. The molecule has 2 aromatic carbocycles. The fraction of sp³-hybridized carbons (Fsp3) is 0.143. The molecule has 1 heterocycles. The Morgan fingerprint density at radius 2 is 1.88 bits per heavy atom. The van der Waals surface area contributed by atoms with E-state index in [2.05, 4.69) is 15.9 Å². The SMILES string of the molecule is Brc1ccc2c(c1)COC(c1ccccc1)O2. The summed E-state index contributed by atoms with van der Waals surface area (Å²) in [5.41, 5.74) is 2.12. The number of benzene rings is 2. The summed E-state index contributed by atoms with van der Waals surface area (Å²) in [7, 11) is 0. The third-order valence-electron chi connectivity index (χ3n) is 2.72. The van der Waals surface area contributed by atoms with Crippen molar-refractivity contribution in [2.75, 3.05) is 0 Å². The van der Waals surface area contributed by atoms with Crippen molar-refractivity contribution in [3.05, 3.63) is 64.1 Å². The van der Waals surface area contributed by atoms with E-state index in [0.29, 0.717) is 6.61 Å². The fourth-order valence-corrected chi connectivity index (χ4v) is 2.27. The topological polar surface area (TPSA) is 18.5 Å². The van der Waals surface area contributed by atoms with E-state index in [0.717, 1.165) is 21.3 Å². The highest BCUT2D eigenvalue weighted by atomic mass is 79.9. The molecule has 86 valence electrons. The Balaban J connectivity index is 1.88. The number of hydrogen-bond acceptors (Lipinski definition) is 2. The van der Waals surface area contributed by atoms with Gasteiger partial charge in [-0.3, -0.25) is 0 Å². The van der Waals surface area contributed by atoms with Crippen LogP contribution >= 0.6 is 15.9 Å². The Morgan fingerprint density at radius 1 is 1.06 bits per heavy atom. The maximum atomic E-state index is 5.83. The Morgan fingerprint density at radius 3 is 2.71 bits per heavy atom. The minimum atomic E-state index is -0.301. The molecule has 1 aliphatic heterocycles. The molecule has 0 fully saturated rings. The summed E-state index contributed by atoms with van der Waals surface area (Å²) >= 11 is 3.44. The van der Waals surface area contributed by atoms with E-state index in [9.17, 15) is 0 Å². The molecule has 0 N–H and O–H groups in total. The molecule has 0 saturated carbocycles. The van der Waals surface area contributed by atoms with Crippen molar-refractivity contribution in [3.63, 3.8) is 0 Å². The first-order chi connectivity index (χ1) is 8.33. The summed E-state index contributed by atoms with van der Waals surface area (Å²) in [5, 5.41) is 0. The largest absolute Gasteiger partial charge is 0.460 e. The average molecular weight is 291 g/mol. The minimum absolute atomic E-state index is 0.301. The van der Waals surface area contributed by atoms with Gasteiger partial charge in [0.1, 0.15) is 5.75 Å². The Labute approximate surface area is 108 Å². The molecule has 0 radical (unpaired) electrons. The van der Waals surface area contributed by atoms with E-state index in [-0.39, 0.29) is 6.29 Å². The van der Waals surface area contributed by atoms with Crippen LogP contribution in [-0.2, 0) is 11.3 Å².